The lowest BCUT2D eigenvalue weighted by Crippen LogP contribution is -2.37. The van der Waals surface area contributed by atoms with Crippen LogP contribution in [0, 0.1) is 0 Å². The van der Waals surface area contributed by atoms with E-state index in [1.807, 2.05) is 32.2 Å². The number of hydrogen-bond acceptors (Lipinski definition) is 4. The van der Waals surface area contributed by atoms with E-state index in [0.29, 0.717) is 13.0 Å². The van der Waals surface area contributed by atoms with Crippen molar-refractivity contribution in [1.82, 2.24) is 10.6 Å². The molecule has 1 unspecified atom stereocenters. The van der Waals surface area contributed by atoms with Gasteiger partial charge in [0.25, 0.3) is 0 Å². The van der Waals surface area contributed by atoms with Gasteiger partial charge in [0.15, 0.2) is 0 Å². The van der Waals surface area contributed by atoms with Crippen molar-refractivity contribution >= 4 is 16.9 Å². The minimum atomic E-state index is -0.00869. The molecule has 20 heavy (non-hydrogen) atoms. The van der Waals surface area contributed by atoms with Crippen LogP contribution in [-0.2, 0) is 11.2 Å². The second-order valence-electron chi connectivity index (χ2n) is 4.79. The fourth-order valence-corrected chi connectivity index (χ4v) is 1.93. The Hall–Kier alpha value is -2.01. The molecule has 0 spiro atoms. The summed E-state index contributed by atoms with van der Waals surface area (Å²) in [7, 11) is 3.48. The summed E-state index contributed by atoms with van der Waals surface area (Å²) in [5.41, 5.74) is 1.62. The first-order valence-electron chi connectivity index (χ1n) is 6.62. The highest BCUT2D eigenvalue weighted by atomic mass is 16.5. The third kappa shape index (κ3) is 3.30. The minimum Gasteiger partial charge on any atom is -0.497 e. The van der Waals surface area contributed by atoms with Crippen molar-refractivity contribution in [2.45, 2.75) is 19.4 Å². The van der Waals surface area contributed by atoms with Crippen LogP contribution >= 0.6 is 0 Å². The van der Waals surface area contributed by atoms with Crippen molar-refractivity contribution in [3.05, 3.63) is 30.0 Å². The van der Waals surface area contributed by atoms with Crippen LogP contribution in [0.15, 0.2) is 28.9 Å². The average Bonchev–Trinajstić information content (AvgIpc) is 2.86. The quantitative estimate of drug-likeness (QED) is 0.843. The van der Waals surface area contributed by atoms with Gasteiger partial charge in [-0.2, -0.15) is 0 Å². The summed E-state index contributed by atoms with van der Waals surface area (Å²) in [5, 5.41) is 6.91. The predicted octanol–water partition coefficient (Wildman–Crippen LogP) is 1.71. The lowest BCUT2D eigenvalue weighted by molar-refractivity contribution is -0.120. The molecule has 1 heterocycles. The van der Waals surface area contributed by atoms with Crippen LogP contribution < -0.4 is 15.4 Å². The molecule has 0 aliphatic rings. The number of nitrogens with one attached hydrogen (secondary N) is 2. The van der Waals surface area contributed by atoms with Crippen molar-refractivity contribution in [3.8, 4) is 5.75 Å². The van der Waals surface area contributed by atoms with Crippen molar-refractivity contribution in [2.24, 2.45) is 0 Å². The van der Waals surface area contributed by atoms with Crippen molar-refractivity contribution in [1.29, 1.82) is 0 Å². The SMILES string of the molecule is CNC(C)CNC(=O)Cc1coc2cc(OC)ccc12. The summed E-state index contributed by atoms with van der Waals surface area (Å²) in [4.78, 5) is 11.9. The maximum absolute atomic E-state index is 11.9. The number of rotatable bonds is 6. The van der Waals surface area contributed by atoms with E-state index in [1.54, 1.807) is 13.4 Å². The van der Waals surface area contributed by atoms with Gasteiger partial charge in [-0.3, -0.25) is 4.79 Å². The molecule has 1 amide bonds. The van der Waals surface area contributed by atoms with Crippen LogP contribution in [0.2, 0.25) is 0 Å². The zero-order valence-corrected chi connectivity index (χ0v) is 12.0. The Labute approximate surface area is 118 Å². The molecular formula is C15H20N2O3. The van der Waals surface area contributed by atoms with Crippen LogP contribution in [0.3, 0.4) is 0 Å². The highest BCUT2D eigenvalue weighted by Crippen LogP contribution is 2.25. The van der Waals surface area contributed by atoms with E-state index < -0.39 is 0 Å². The van der Waals surface area contributed by atoms with Crippen LogP contribution in [0.25, 0.3) is 11.0 Å². The van der Waals surface area contributed by atoms with Gasteiger partial charge in [0.2, 0.25) is 5.91 Å². The van der Waals surface area contributed by atoms with Gasteiger partial charge in [-0.15, -0.1) is 0 Å². The second kappa shape index (κ2) is 6.43. The molecule has 5 nitrogen and oxygen atoms in total. The molecule has 1 aromatic heterocycles. The minimum absolute atomic E-state index is 0.00869. The monoisotopic (exact) mass is 276 g/mol. The van der Waals surface area contributed by atoms with Crippen LogP contribution in [0.1, 0.15) is 12.5 Å². The molecule has 1 aromatic carbocycles. The van der Waals surface area contributed by atoms with E-state index in [1.165, 1.54) is 0 Å². The number of carbonyl (C=O) groups is 1. The zero-order valence-electron chi connectivity index (χ0n) is 12.0. The molecule has 0 aliphatic carbocycles. The molecule has 2 aromatic rings. The molecule has 0 saturated heterocycles. The van der Waals surface area contributed by atoms with E-state index in [0.717, 1.165) is 22.3 Å². The van der Waals surface area contributed by atoms with Gasteiger partial charge in [-0.1, -0.05) is 0 Å². The first kappa shape index (κ1) is 14.4. The molecule has 2 N–H and O–H groups in total. The highest BCUT2D eigenvalue weighted by molar-refractivity contribution is 5.88. The number of likely N-dealkylation sites (N-methyl/N-ethyl adjacent to an activating group) is 1. The van der Waals surface area contributed by atoms with E-state index in [4.69, 9.17) is 9.15 Å². The average molecular weight is 276 g/mol. The number of fused-ring (bicyclic) bond motifs is 1. The van der Waals surface area contributed by atoms with E-state index in [-0.39, 0.29) is 11.9 Å². The van der Waals surface area contributed by atoms with Crippen molar-refractivity contribution in [2.75, 3.05) is 20.7 Å². The zero-order chi connectivity index (χ0) is 14.5. The molecule has 2 rings (SSSR count). The first-order valence-corrected chi connectivity index (χ1v) is 6.62. The molecular weight excluding hydrogens is 256 g/mol. The lowest BCUT2D eigenvalue weighted by Gasteiger charge is -2.10. The van der Waals surface area contributed by atoms with Gasteiger partial charge in [0.05, 0.1) is 19.8 Å². The fraction of sp³-hybridized carbons (Fsp3) is 0.400. The predicted molar refractivity (Wildman–Crippen MR) is 78.0 cm³/mol. The molecule has 1 atom stereocenters. The number of carbonyl (C=O) groups excluding carboxylic acids is 1. The summed E-state index contributed by atoms with van der Waals surface area (Å²) in [6.45, 7) is 2.62. The Morgan fingerprint density at radius 2 is 2.25 bits per heavy atom. The first-order chi connectivity index (χ1) is 9.63. The Balaban J connectivity index is 2.04. The van der Waals surface area contributed by atoms with Crippen LogP contribution in [-0.4, -0.2) is 32.7 Å². The molecule has 0 saturated carbocycles. The molecule has 0 bridgehead atoms. The standard InChI is InChI=1S/C15H20N2O3/c1-10(16-2)8-17-15(18)6-11-9-20-14-7-12(19-3)4-5-13(11)14/h4-5,7,9-10,16H,6,8H2,1-3H3,(H,17,18). The number of methoxy groups -OCH3 is 1. The Bertz CT molecular complexity index is 592. The molecule has 0 fully saturated rings. The highest BCUT2D eigenvalue weighted by Gasteiger charge is 2.11. The summed E-state index contributed by atoms with van der Waals surface area (Å²) >= 11 is 0. The normalized spacial score (nSPS) is 12.3. The van der Waals surface area contributed by atoms with E-state index in [9.17, 15) is 4.79 Å². The number of benzene rings is 1. The van der Waals surface area contributed by atoms with Crippen LogP contribution in [0.4, 0.5) is 0 Å². The summed E-state index contributed by atoms with van der Waals surface area (Å²) in [6, 6.07) is 5.85. The van der Waals surface area contributed by atoms with Gasteiger partial charge in [-0.05, 0) is 26.1 Å². The second-order valence-corrected chi connectivity index (χ2v) is 4.79. The van der Waals surface area contributed by atoms with Gasteiger partial charge in [-0.25, -0.2) is 0 Å². The number of hydrogen-bond donors (Lipinski definition) is 2. The number of ether oxygens (including phenoxy) is 1. The summed E-state index contributed by atoms with van der Waals surface area (Å²) in [6.07, 6.45) is 1.95. The van der Waals surface area contributed by atoms with Crippen molar-refractivity contribution in [3.63, 3.8) is 0 Å². The van der Waals surface area contributed by atoms with Gasteiger partial charge >= 0.3 is 0 Å². The third-order valence-electron chi connectivity index (χ3n) is 3.31. The Kier molecular flexibility index (Phi) is 4.63. The number of amides is 1. The maximum Gasteiger partial charge on any atom is 0.224 e. The number of furan rings is 1. The summed E-state index contributed by atoms with van der Waals surface area (Å²) < 4.78 is 10.6. The van der Waals surface area contributed by atoms with Gasteiger partial charge in [0, 0.05) is 29.6 Å². The Morgan fingerprint density at radius 1 is 1.45 bits per heavy atom. The third-order valence-corrected chi connectivity index (χ3v) is 3.31. The van der Waals surface area contributed by atoms with Crippen LogP contribution in [0.5, 0.6) is 5.75 Å². The molecule has 0 radical (unpaired) electrons. The maximum atomic E-state index is 11.9. The molecule has 0 aliphatic heterocycles. The topological polar surface area (TPSA) is 63.5 Å². The van der Waals surface area contributed by atoms with E-state index >= 15 is 0 Å². The largest absolute Gasteiger partial charge is 0.497 e. The fourth-order valence-electron chi connectivity index (χ4n) is 1.93. The lowest BCUT2D eigenvalue weighted by atomic mass is 10.1. The molecule has 108 valence electrons. The molecule has 5 heteroatoms. The summed E-state index contributed by atoms with van der Waals surface area (Å²) in [5.74, 6) is 0.733. The van der Waals surface area contributed by atoms with Gasteiger partial charge < -0.3 is 19.8 Å². The van der Waals surface area contributed by atoms with E-state index in [2.05, 4.69) is 10.6 Å². The smallest absolute Gasteiger partial charge is 0.224 e. The van der Waals surface area contributed by atoms with Gasteiger partial charge in [0.1, 0.15) is 11.3 Å². The van der Waals surface area contributed by atoms with Crippen molar-refractivity contribution < 1.29 is 13.9 Å². The Morgan fingerprint density at radius 3 is 2.95 bits per heavy atom.